The first-order valence-corrected chi connectivity index (χ1v) is 9.59. The van der Waals surface area contributed by atoms with E-state index in [9.17, 15) is 4.79 Å². The van der Waals surface area contributed by atoms with E-state index in [1.165, 1.54) is 16.5 Å². The first kappa shape index (κ1) is 17.8. The Hall–Kier alpha value is -2.59. The van der Waals surface area contributed by atoms with Crippen LogP contribution in [0.15, 0.2) is 60.8 Å². The molecule has 1 aromatic heterocycles. The third-order valence-corrected chi connectivity index (χ3v) is 5.62. The molecule has 1 fully saturated rings. The molecule has 4 rings (SSSR count). The summed E-state index contributed by atoms with van der Waals surface area (Å²) in [6.45, 7) is 0.497. The molecule has 3 aromatic rings. The van der Waals surface area contributed by atoms with Gasteiger partial charge in [0.15, 0.2) is 0 Å². The maximum atomic E-state index is 13.1. The zero-order chi connectivity index (χ0) is 18.8. The van der Waals surface area contributed by atoms with Crippen LogP contribution in [0.1, 0.15) is 42.5 Å². The van der Waals surface area contributed by atoms with E-state index in [0.717, 1.165) is 18.4 Å². The molecular formula is C23H26N2O2. The van der Waals surface area contributed by atoms with Crippen molar-refractivity contribution in [1.29, 1.82) is 0 Å². The number of rotatable bonds is 5. The second-order valence-electron chi connectivity index (χ2n) is 7.30. The third-order valence-electron chi connectivity index (χ3n) is 5.62. The van der Waals surface area contributed by atoms with Gasteiger partial charge in [-0.05, 0) is 24.5 Å². The van der Waals surface area contributed by atoms with Crippen LogP contribution in [0.2, 0.25) is 0 Å². The standard InChI is InChI=1S/C23H26N2O2/c1-24-15-19(18-11-6-7-12-20(18)24)21-13-8-14-23(26)25(21)22(16-27-2)17-9-4-3-5-10-17/h3-7,9-12,15,21-22H,8,13-14,16H2,1-2H3/t21-,22+/m1/s1. The largest absolute Gasteiger partial charge is 0.382 e. The summed E-state index contributed by atoms with van der Waals surface area (Å²) >= 11 is 0. The summed E-state index contributed by atoms with van der Waals surface area (Å²) in [5.74, 6) is 0.213. The molecule has 1 saturated heterocycles. The molecule has 140 valence electrons. The summed E-state index contributed by atoms with van der Waals surface area (Å²) in [4.78, 5) is 15.1. The van der Waals surface area contributed by atoms with Gasteiger partial charge in [0.05, 0.1) is 18.7 Å². The topological polar surface area (TPSA) is 34.5 Å². The Kier molecular flexibility index (Phi) is 4.99. The van der Waals surface area contributed by atoms with E-state index < -0.39 is 0 Å². The van der Waals surface area contributed by atoms with Gasteiger partial charge < -0.3 is 14.2 Å². The van der Waals surface area contributed by atoms with Crippen LogP contribution in [0.5, 0.6) is 0 Å². The molecule has 0 radical (unpaired) electrons. The minimum absolute atomic E-state index is 0.0673. The van der Waals surface area contributed by atoms with Gasteiger partial charge in [-0.25, -0.2) is 0 Å². The first-order chi connectivity index (χ1) is 13.2. The molecule has 0 N–H and O–H groups in total. The number of carbonyl (C=O) groups excluding carboxylic acids is 1. The fraction of sp³-hybridized carbons (Fsp3) is 0.348. The summed E-state index contributed by atoms with van der Waals surface area (Å²) in [5.41, 5.74) is 3.56. The van der Waals surface area contributed by atoms with Crippen molar-refractivity contribution in [3.8, 4) is 0 Å². The summed E-state index contributed by atoms with van der Waals surface area (Å²) in [5, 5.41) is 1.23. The highest BCUT2D eigenvalue weighted by Crippen LogP contribution is 2.41. The van der Waals surface area contributed by atoms with E-state index in [1.807, 2.05) is 18.2 Å². The molecule has 4 nitrogen and oxygen atoms in total. The van der Waals surface area contributed by atoms with Crippen LogP contribution in [-0.4, -0.2) is 29.1 Å². The molecule has 0 bridgehead atoms. The van der Waals surface area contributed by atoms with Gasteiger partial charge in [0.2, 0.25) is 5.91 Å². The molecule has 1 amide bonds. The lowest BCUT2D eigenvalue weighted by atomic mass is 9.91. The van der Waals surface area contributed by atoms with Gasteiger partial charge in [-0.2, -0.15) is 0 Å². The Labute approximate surface area is 160 Å². The molecule has 1 aliphatic rings. The number of methoxy groups -OCH3 is 1. The van der Waals surface area contributed by atoms with Crippen LogP contribution in [0.3, 0.4) is 0 Å². The molecule has 27 heavy (non-hydrogen) atoms. The minimum Gasteiger partial charge on any atom is -0.382 e. The Morgan fingerprint density at radius 2 is 1.85 bits per heavy atom. The van der Waals surface area contributed by atoms with Gasteiger partial charge in [-0.1, -0.05) is 48.5 Å². The van der Waals surface area contributed by atoms with E-state index >= 15 is 0 Å². The number of aryl methyl sites for hydroxylation is 1. The Morgan fingerprint density at radius 1 is 1.11 bits per heavy atom. The molecule has 0 aliphatic carbocycles. The van der Waals surface area contributed by atoms with Crippen molar-refractivity contribution >= 4 is 16.8 Å². The average molecular weight is 362 g/mol. The van der Waals surface area contributed by atoms with Gasteiger partial charge >= 0.3 is 0 Å². The number of aromatic nitrogens is 1. The number of piperidine rings is 1. The number of benzene rings is 2. The number of nitrogens with zero attached hydrogens (tertiary/aromatic N) is 2. The predicted octanol–water partition coefficient (Wildman–Crippen LogP) is 4.62. The highest BCUT2D eigenvalue weighted by molar-refractivity contribution is 5.86. The van der Waals surface area contributed by atoms with E-state index in [1.54, 1.807) is 7.11 Å². The first-order valence-electron chi connectivity index (χ1n) is 9.59. The number of amides is 1. The molecule has 0 unspecified atom stereocenters. The van der Waals surface area contributed by atoms with E-state index in [0.29, 0.717) is 13.0 Å². The van der Waals surface area contributed by atoms with Gasteiger partial charge in [-0.3, -0.25) is 4.79 Å². The molecule has 2 aromatic carbocycles. The van der Waals surface area contributed by atoms with Gasteiger partial charge in [-0.15, -0.1) is 0 Å². The lowest BCUT2D eigenvalue weighted by Gasteiger charge is -2.41. The molecule has 1 aliphatic heterocycles. The van der Waals surface area contributed by atoms with Gasteiger partial charge in [0.25, 0.3) is 0 Å². The highest BCUT2D eigenvalue weighted by Gasteiger charge is 2.36. The van der Waals surface area contributed by atoms with Crippen molar-refractivity contribution in [2.24, 2.45) is 7.05 Å². The summed E-state index contributed by atoms with van der Waals surface area (Å²) < 4.78 is 7.70. The van der Waals surface area contributed by atoms with Crippen LogP contribution in [0.4, 0.5) is 0 Å². The van der Waals surface area contributed by atoms with Crippen molar-refractivity contribution < 1.29 is 9.53 Å². The number of ether oxygens (including phenoxy) is 1. The van der Waals surface area contributed by atoms with Crippen LogP contribution >= 0.6 is 0 Å². The Morgan fingerprint density at radius 3 is 2.63 bits per heavy atom. The zero-order valence-corrected chi connectivity index (χ0v) is 16.0. The monoisotopic (exact) mass is 362 g/mol. The number of hydrogen-bond donors (Lipinski definition) is 0. The zero-order valence-electron chi connectivity index (χ0n) is 16.0. The highest BCUT2D eigenvalue weighted by atomic mass is 16.5. The summed E-state index contributed by atoms with van der Waals surface area (Å²) in [6, 6.07) is 18.7. The summed E-state index contributed by atoms with van der Waals surface area (Å²) in [7, 11) is 3.78. The van der Waals surface area contributed by atoms with Crippen molar-refractivity contribution in [3.63, 3.8) is 0 Å². The van der Waals surface area contributed by atoms with Crippen molar-refractivity contribution in [1.82, 2.24) is 9.47 Å². The molecule has 2 heterocycles. The van der Waals surface area contributed by atoms with Crippen molar-refractivity contribution in [3.05, 3.63) is 71.9 Å². The maximum Gasteiger partial charge on any atom is 0.223 e. The van der Waals surface area contributed by atoms with Crippen LogP contribution in [0, 0.1) is 0 Å². The Bertz CT molecular complexity index is 932. The lowest BCUT2D eigenvalue weighted by Crippen LogP contribution is -2.42. The summed E-state index contributed by atoms with van der Waals surface area (Å²) in [6.07, 6.45) is 4.70. The normalized spacial score (nSPS) is 18.8. The number of hydrogen-bond acceptors (Lipinski definition) is 2. The lowest BCUT2D eigenvalue weighted by molar-refractivity contribution is -0.141. The number of likely N-dealkylation sites (tertiary alicyclic amines) is 1. The molecule has 0 saturated carbocycles. The Balaban J connectivity index is 1.81. The van der Waals surface area contributed by atoms with E-state index in [-0.39, 0.29) is 18.0 Å². The number of carbonyl (C=O) groups is 1. The molecule has 4 heteroatoms. The second kappa shape index (κ2) is 7.57. The fourth-order valence-corrected chi connectivity index (χ4v) is 4.39. The number of para-hydroxylation sites is 1. The van der Waals surface area contributed by atoms with E-state index in [2.05, 4.69) is 59.1 Å². The van der Waals surface area contributed by atoms with Gasteiger partial charge in [0.1, 0.15) is 0 Å². The predicted molar refractivity (Wildman–Crippen MR) is 107 cm³/mol. The third kappa shape index (κ3) is 3.26. The number of fused-ring (bicyclic) bond motifs is 1. The average Bonchev–Trinajstić information content (AvgIpc) is 3.04. The smallest absolute Gasteiger partial charge is 0.223 e. The minimum atomic E-state index is -0.0760. The SMILES string of the molecule is COC[C@@H](c1ccccc1)N1C(=O)CCC[C@@H]1c1cn(C)c2ccccc12. The van der Waals surface area contributed by atoms with Crippen LogP contribution < -0.4 is 0 Å². The maximum absolute atomic E-state index is 13.1. The van der Waals surface area contributed by atoms with Crippen LogP contribution in [0.25, 0.3) is 10.9 Å². The molecule has 2 atom stereocenters. The second-order valence-corrected chi connectivity index (χ2v) is 7.30. The van der Waals surface area contributed by atoms with E-state index in [4.69, 9.17) is 4.74 Å². The van der Waals surface area contributed by atoms with Crippen molar-refractivity contribution in [2.45, 2.75) is 31.3 Å². The van der Waals surface area contributed by atoms with Crippen LogP contribution in [-0.2, 0) is 16.6 Å². The fourth-order valence-electron chi connectivity index (χ4n) is 4.39. The van der Waals surface area contributed by atoms with Crippen molar-refractivity contribution in [2.75, 3.05) is 13.7 Å². The quantitative estimate of drug-likeness (QED) is 0.664. The van der Waals surface area contributed by atoms with Gasteiger partial charge in [0, 0.05) is 43.2 Å². The molecular weight excluding hydrogens is 336 g/mol. The molecule has 0 spiro atoms.